The van der Waals surface area contributed by atoms with Crippen molar-refractivity contribution in [3.63, 3.8) is 0 Å². The van der Waals surface area contributed by atoms with Gasteiger partial charge in [0.05, 0.1) is 25.5 Å². The molecule has 2 fully saturated rings. The summed E-state index contributed by atoms with van der Waals surface area (Å²) >= 11 is 12.4. The number of rotatable bonds is 28. The number of nitrogen functional groups attached to an aromatic ring is 1. The SMILES string of the molecule is CCCCCCCCCCCCCCCCCCOC[C@H](COP(=O)(O)O[C@@H]1C[C@@]12O[C@@](C)(c1ccc3c(N)ncnn13)[C@H](O)[C@@H]2O)OCc1ccc(Cl)cc1Cl. The molecule has 2 aromatic heterocycles. The van der Waals surface area contributed by atoms with Crippen molar-refractivity contribution in [3.8, 4) is 0 Å². The van der Waals surface area contributed by atoms with E-state index in [1.807, 2.05) is 0 Å². The Morgan fingerprint density at radius 1 is 0.930 bits per heavy atom. The molecule has 1 unspecified atom stereocenters. The summed E-state index contributed by atoms with van der Waals surface area (Å²) in [4.78, 5) is 14.8. The lowest BCUT2D eigenvalue weighted by Gasteiger charge is -2.27. The van der Waals surface area contributed by atoms with Gasteiger partial charge in [-0.25, -0.2) is 14.1 Å². The van der Waals surface area contributed by atoms with Gasteiger partial charge in [0.15, 0.2) is 5.82 Å². The number of phosphoric acid groups is 1. The molecule has 7 atom stereocenters. The predicted octanol–water partition coefficient (Wildman–Crippen LogP) is 9.09. The van der Waals surface area contributed by atoms with Crippen LogP contribution in [0, 0.1) is 0 Å². The summed E-state index contributed by atoms with van der Waals surface area (Å²) in [5.41, 5.74) is 4.70. The molecule has 0 radical (unpaired) electrons. The molecule has 1 spiro atoms. The number of hydrogen-bond donors (Lipinski definition) is 4. The molecule has 3 heterocycles. The first-order valence-electron chi connectivity index (χ1n) is 20.8. The highest BCUT2D eigenvalue weighted by molar-refractivity contribution is 7.47. The zero-order chi connectivity index (χ0) is 40.9. The Kier molecular flexibility index (Phi) is 17.9. The van der Waals surface area contributed by atoms with Gasteiger partial charge in [0, 0.05) is 23.1 Å². The maximum atomic E-state index is 13.3. The molecule has 2 aliphatic rings. The summed E-state index contributed by atoms with van der Waals surface area (Å²) < 4.78 is 44.0. The monoisotopic (exact) mass is 856 g/mol. The van der Waals surface area contributed by atoms with Crippen molar-refractivity contribution in [2.75, 3.05) is 25.6 Å². The Hall–Kier alpha value is -1.87. The zero-order valence-corrected chi connectivity index (χ0v) is 35.9. The minimum atomic E-state index is -4.70. The van der Waals surface area contributed by atoms with Crippen molar-refractivity contribution in [1.82, 2.24) is 14.6 Å². The molecule has 16 heteroatoms. The molecule has 1 aromatic carbocycles. The van der Waals surface area contributed by atoms with Crippen LogP contribution in [0.25, 0.3) is 5.52 Å². The van der Waals surface area contributed by atoms with Crippen molar-refractivity contribution in [3.05, 3.63) is 58.0 Å². The number of benzene rings is 1. The van der Waals surface area contributed by atoms with Crippen LogP contribution in [0.1, 0.15) is 134 Å². The number of aliphatic hydroxyl groups is 2. The lowest BCUT2D eigenvalue weighted by molar-refractivity contribution is -0.0995. The van der Waals surface area contributed by atoms with Crippen LogP contribution in [0.5, 0.6) is 0 Å². The Morgan fingerprint density at radius 2 is 1.56 bits per heavy atom. The summed E-state index contributed by atoms with van der Waals surface area (Å²) in [6, 6.07) is 8.43. The topological polar surface area (TPSA) is 180 Å². The Labute approximate surface area is 347 Å². The Balaban J connectivity index is 1.03. The van der Waals surface area contributed by atoms with E-state index in [9.17, 15) is 19.7 Å². The van der Waals surface area contributed by atoms with E-state index < -0.39 is 43.4 Å². The van der Waals surface area contributed by atoms with E-state index in [2.05, 4.69) is 17.0 Å². The van der Waals surface area contributed by atoms with Crippen molar-refractivity contribution in [2.24, 2.45) is 0 Å². The van der Waals surface area contributed by atoms with Crippen LogP contribution in [0.4, 0.5) is 5.82 Å². The fourth-order valence-corrected chi connectivity index (χ4v) is 9.17. The largest absolute Gasteiger partial charge is 0.472 e. The van der Waals surface area contributed by atoms with Gasteiger partial charge in [0.1, 0.15) is 47.5 Å². The average molecular weight is 858 g/mol. The van der Waals surface area contributed by atoms with Crippen LogP contribution in [0.2, 0.25) is 10.0 Å². The number of aliphatic hydroxyl groups excluding tert-OH is 2. The molecular formula is C41H63Cl2N4O9P. The number of nitrogens with two attached hydrogens (primary N) is 1. The summed E-state index contributed by atoms with van der Waals surface area (Å²) in [7, 11) is -4.70. The Morgan fingerprint density at radius 3 is 2.19 bits per heavy atom. The molecule has 320 valence electrons. The second-order valence-corrected chi connectivity index (χ2v) is 18.1. The number of hydrogen-bond acceptors (Lipinski definition) is 11. The normalized spacial score (nSPS) is 24.7. The van der Waals surface area contributed by atoms with Gasteiger partial charge >= 0.3 is 7.82 Å². The summed E-state index contributed by atoms with van der Waals surface area (Å²) in [5, 5.41) is 27.5. The molecule has 3 aromatic rings. The number of fused-ring (bicyclic) bond motifs is 1. The van der Waals surface area contributed by atoms with Gasteiger partial charge in [-0.15, -0.1) is 0 Å². The molecule has 0 bridgehead atoms. The van der Waals surface area contributed by atoms with E-state index in [-0.39, 0.29) is 32.1 Å². The highest BCUT2D eigenvalue weighted by Crippen LogP contribution is 2.62. The minimum Gasteiger partial charge on any atom is -0.387 e. The third-order valence-electron chi connectivity index (χ3n) is 11.3. The standard InChI is InChI=1S/C41H63Cl2N4O9P/c1-3-4-5-6-7-8-9-10-11-12-13-14-15-16-17-18-23-52-27-32(53-26-30-19-20-31(42)24-33(30)43)28-54-57(50,51)55-36-25-41(36)38(49)37(48)40(2,56-41)35-22-21-34-39(44)45-29-46-47(34)35/h19-22,24,29,32,36-38,48-49H,3-18,23,25-28H2,1-2H3,(H,50,51)(H2,44,45,46)/t32-,36-,37-,38+,40+,41-/m1/s1. The number of halogens is 2. The van der Waals surface area contributed by atoms with E-state index in [1.165, 1.54) is 94.3 Å². The van der Waals surface area contributed by atoms with Gasteiger partial charge < -0.3 is 35.1 Å². The Bertz CT molecular complexity index is 1740. The molecule has 0 amide bonds. The third-order valence-corrected chi connectivity index (χ3v) is 12.8. The lowest BCUT2D eigenvalue weighted by Crippen LogP contribution is -2.40. The number of anilines is 1. The summed E-state index contributed by atoms with van der Waals surface area (Å²) in [6.07, 6.45) is 17.3. The van der Waals surface area contributed by atoms with Crippen molar-refractivity contribution < 1.29 is 42.9 Å². The van der Waals surface area contributed by atoms with Gasteiger partial charge in [-0.05, 0) is 43.2 Å². The van der Waals surface area contributed by atoms with E-state index in [0.29, 0.717) is 33.4 Å². The van der Waals surface area contributed by atoms with Crippen LogP contribution >= 0.6 is 31.0 Å². The van der Waals surface area contributed by atoms with E-state index in [4.69, 9.17) is 52.2 Å². The third kappa shape index (κ3) is 12.8. The molecule has 1 saturated heterocycles. The molecular weight excluding hydrogens is 794 g/mol. The molecule has 1 saturated carbocycles. The second-order valence-electron chi connectivity index (χ2n) is 15.8. The highest BCUT2D eigenvalue weighted by atomic mass is 35.5. The second kappa shape index (κ2) is 22.1. The first-order chi connectivity index (χ1) is 27.4. The lowest BCUT2D eigenvalue weighted by atomic mass is 9.93. The van der Waals surface area contributed by atoms with Gasteiger partial charge in [0.2, 0.25) is 0 Å². The van der Waals surface area contributed by atoms with Gasteiger partial charge in [-0.1, -0.05) is 133 Å². The number of ether oxygens (including phenoxy) is 3. The van der Waals surface area contributed by atoms with Crippen LogP contribution in [-0.4, -0.2) is 79.5 Å². The average Bonchev–Trinajstić information content (AvgIpc) is 3.55. The molecule has 5 N–H and O–H groups in total. The number of phosphoric ester groups is 1. The first kappa shape index (κ1) is 46.2. The van der Waals surface area contributed by atoms with Crippen LogP contribution in [-0.2, 0) is 40.0 Å². The predicted molar refractivity (Wildman–Crippen MR) is 221 cm³/mol. The fourth-order valence-electron chi connectivity index (χ4n) is 7.72. The zero-order valence-electron chi connectivity index (χ0n) is 33.5. The molecule has 1 aliphatic heterocycles. The van der Waals surface area contributed by atoms with Gasteiger partial charge in [0.25, 0.3) is 0 Å². The van der Waals surface area contributed by atoms with E-state index >= 15 is 0 Å². The van der Waals surface area contributed by atoms with Crippen molar-refractivity contribution in [2.45, 2.75) is 165 Å². The first-order valence-corrected chi connectivity index (χ1v) is 23.1. The summed E-state index contributed by atoms with van der Waals surface area (Å²) in [6.45, 7) is 4.27. The molecule has 1 aliphatic carbocycles. The number of nitrogens with zero attached hydrogens (tertiary/aromatic N) is 3. The fraction of sp³-hybridized carbons (Fsp3) is 0.707. The van der Waals surface area contributed by atoms with Gasteiger partial charge in [-0.3, -0.25) is 9.05 Å². The van der Waals surface area contributed by atoms with Gasteiger partial charge in [-0.2, -0.15) is 5.10 Å². The van der Waals surface area contributed by atoms with Crippen molar-refractivity contribution >= 4 is 42.4 Å². The highest BCUT2D eigenvalue weighted by Gasteiger charge is 2.74. The molecule has 5 rings (SSSR count). The minimum absolute atomic E-state index is 0.0482. The van der Waals surface area contributed by atoms with E-state index in [0.717, 1.165) is 19.3 Å². The number of aromatic nitrogens is 3. The maximum Gasteiger partial charge on any atom is 0.472 e. The maximum absolute atomic E-state index is 13.3. The van der Waals surface area contributed by atoms with Crippen LogP contribution in [0.3, 0.4) is 0 Å². The van der Waals surface area contributed by atoms with Crippen LogP contribution in [0.15, 0.2) is 36.7 Å². The van der Waals surface area contributed by atoms with Crippen LogP contribution < -0.4 is 5.73 Å². The molecule has 13 nitrogen and oxygen atoms in total. The van der Waals surface area contributed by atoms with Crippen molar-refractivity contribution in [1.29, 1.82) is 0 Å². The van der Waals surface area contributed by atoms with E-state index in [1.54, 1.807) is 37.3 Å². The number of unbranched alkanes of at least 4 members (excludes halogenated alkanes) is 15. The molecule has 57 heavy (non-hydrogen) atoms. The smallest absolute Gasteiger partial charge is 0.387 e. The summed E-state index contributed by atoms with van der Waals surface area (Å²) in [5.74, 6) is 0.234. The quantitative estimate of drug-likeness (QED) is 0.0403.